The minimum Gasteiger partial charge on any atom is -0.387 e. The predicted molar refractivity (Wildman–Crippen MR) is 40.1 cm³/mol. The van der Waals surface area contributed by atoms with Gasteiger partial charge in [-0.1, -0.05) is 0 Å². The molecule has 0 aromatic rings. The topological polar surface area (TPSA) is 86.5 Å². The van der Waals surface area contributed by atoms with Crippen LogP contribution in [0, 0.1) is 0 Å². The average molecular weight is 173 g/mol. The molecule has 0 amide bonds. The van der Waals surface area contributed by atoms with Gasteiger partial charge in [0.1, 0.15) is 0 Å². The number of hydrogen-bond acceptors (Lipinski definition) is 5. The highest BCUT2D eigenvalue weighted by Crippen LogP contribution is 1.91. The molecule has 0 aromatic heterocycles. The monoisotopic (exact) mass is 173 g/mol. The normalized spacial score (nSPS) is 9.17. The van der Waals surface area contributed by atoms with Crippen molar-refractivity contribution in [1.29, 1.82) is 0 Å². The van der Waals surface area contributed by atoms with Gasteiger partial charge < -0.3 is 10.5 Å². The second kappa shape index (κ2) is 5.42. The second-order valence-corrected chi connectivity index (χ2v) is 2.21. The maximum absolute atomic E-state index is 10.7. The van der Waals surface area contributed by atoms with Crippen molar-refractivity contribution in [1.82, 2.24) is 0 Å². The van der Waals surface area contributed by atoms with E-state index in [-0.39, 0.29) is 6.42 Å². The molecule has 0 aromatic carbocycles. The Hall–Kier alpha value is -1.23. The molecule has 0 heterocycles. The zero-order valence-corrected chi connectivity index (χ0v) is 6.83. The van der Waals surface area contributed by atoms with E-state index in [9.17, 15) is 14.4 Å². The first-order valence-corrected chi connectivity index (χ1v) is 3.53. The smallest absolute Gasteiger partial charge is 0.381 e. The number of ketones is 1. The Labute approximate surface area is 69.9 Å². The third-order valence-corrected chi connectivity index (χ3v) is 1.08. The van der Waals surface area contributed by atoms with Crippen molar-refractivity contribution in [2.75, 3.05) is 6.54 Å². The molecule has 0 aliphatic carbocycles. The number of carbonyl (C=O) groups excluding carboxylic acids is 3. The fourth-order valence-electron chi connectivity index (χ4n) is 0.473. The van der Waals surface area contributed by atoms with E-state index in [4.69, 9.17) is 5.73 Å². The minimum absolute atomic E-state index is 0.0650. The van der Waals surface area contributed by atoms with E-state index < -0.39 is 17.7 Å². The first kappa shape index (κ1) is 10.8. The first-order chi connectivity index (χ1) is 5.57. The van der Waals surface area contributed by atoms with Gasteiger partial charge in [-0.15, -0.1) is 0 Å². The lowest BCUT2D eigenvalue weighted by molar-refractivity contribution is -0.163. The molecule has 0 fully saturated rings. The summed E-state index contributed by atoms with van der Waals surface area (Å²) in [5, 5.41) is 0. The van der Waals surface area contributed by atoms with Gasteiger partial charge in [0.05, 0.1) is 0 Å². The van der Waals surface area contributed by atoms with Gasteiger partial charge in [0.2, 0.25) is 5.78 Å². The van der Waals surface area contributed by atoms with Crippen molar-refractivity contribution in [3.63, 3.8) is 0 Å². The largest absolute Gasteiger partial charge is 0.387 e. The van der Waals surface area contributed by atoms with Gasteiger partial charge >= 0.3 is 11.9 Å². The predicted octanol–water partition coefficient (Wildman–Crippen LogP) is -0.616. The Kier molecular flexibility index (Phi) is 4.87. The maximum atomic E-state index is 10.7. The van der Waals surface area contributed by atoms with E-state index in [1.54, 1.807) is 0 Å². The summed E-state index contributed by atoms with van der Waals surface area (Å²) in [7, 11) is 0. The van der Waals surface area contributed by atoms with Crippen LogP contribution in [-0.2, 0) is 19.1 Å². The molecule has 5 heteroatoms. The molecule has 0 saturated heterocycles. The van der Waals surface area contributed by atoms with E-state index in [0.717, 1.165) is 6.92 Å². The van der Waals surface area contributed by atoms with Crippen LogP contribution in [0.25, 0.3) is 0 Å². The third-order valence-electron chi connectivity index (χ3n) is 1.08. The minimum atomic E-state index is -1.11. The van der Waals surface area contributed by atoms with Crippen LogP contribution in [0.1, 0.15) is 19.8 Å². The van der Waals surface area contributed by atoms with Crippen LogP contribution >= 0.6 is 0 Å². The van der Waals surface area contributed by atoms with Crippen LogP contribution in [0.15, 0.2) is 0 Å². The van der Waals surface area contributed by atoms with Crippen molar-refractivity contribution in [3.05, 3.63) is 0 Å². The van der Waals surface area contributed by atoms with Gasteiger partial charge in [0.25, 0.3) is 0 Å². The molecule has 0 rings (SSSR count). The lowest BCUT2D eigenvalue weighted by Gasteiger charge is -1.98. The van der Waals surface area contributed by atoms with Gasteiger partial charge in [0, 0.05) is 13.3 Å². The van der Waals surface area contributed by atoms with Crippen molar-refractivity contribution in [2.24, 2.45) is 5.73 Å². The Morgan fingerprint density at radius 3 is 2.33 bits per heavy atom. The number of Topliss-reactive ketones (excluding diaryl/α,β-unsaturated/α-hetero) is 1. The molecule has 0 unspecified atom stereocenters. The molecule has 5 nitrogen and oxygen atoms in total. The van der Waals surface area contributed by atoms with Crippen molar-refractivity contribution < 1.29 is 19.1 Å². The highest BCUT2D eigenvalue weighted by molar-refractivity contribution is 6.34. The van der Waals surface area contributed by atoms with E-state index >= 15 is 0 Å². The number of hydrogen-bond donors (Lipinski definition) is 1. The van der Waals surface area contributed by atoms with Crippen LogP contribution in [0.2, 0.25) is 0 Å². The lowest BCUT2D eigenvalue weighted by atomic mass is 10.3. The average Bonchev–Trinajstić information content (AvgIpc) is 2.00. The van der Waals surface area contributed by atoms with Gasteiger partial charge in [-0.25, -0.2) is 4.79 Å². The van der Waals surface area contributed by atoms with E-state index in [1.807, 2.05) is 0 Å². The van der Waals surface area contributed by atoms with Crippen molar-refractivity contribution in [3.8, 4) is 0 Å². The summed E-state index contributed by atoms with van der Waals surface area (Å²) < 4.78 is 4.13. The van der Waals surface area contributed by atoms with E-state index in [1.165, 1.54) is 0 Å². The molecule has 0 spiro atoms. The summed E-state index contributed by atoms with van der Waals surface area (Å²) in [6.45, 7) is 1.39. The fourth-order valence-corrected chi connectivity index (χ4v) is 0.473. The molecule has 0 atom stereocenters. The number of carbonyl (C=O) groups is 3. The molecule has 0 saturated carbocycles. The molecule has 68 valence electrons. The van der Waals surface area contributed by atoms with Crippen LogP contribution in [0.5, 0.6) is 0 Å². The molecule has 0 aliphatic rings. The summed E-state index contributed by atoms with van der Waals surface area (Å²) in [5.74, 6) is -2.60. The van der Waals surface area contributed by atoms with Gasteiger partial charge in [-0.3, -0.25) is 9.59 Å². The third kappa shape index (κ3) is 4.56. The SMILES string of the molecule is CC(=O)C(=O)OC(=O)CCCN. The van der Waals surface area contributed by atoms with Crippen LogP contribution in [0.4, 0.5) is 0 Å². The summed E-state index contributed by atoms with van der Waals surface area (Å²) in [5.41, 5.74) is 5.11. The first-order valence-electron chi connectivity index (χ1n) is 3.53. The fraction of sp³-hybridized carbons (Fsp3) is 0.571. The Morgan fingerprint density at radius 1 is 1.33 bits per heavy atom. The summed E-state index contributed by atoms with van der Waals surface area (Å²) >= 11 is 0. The second-order valence-electron chi connectivity index (χ2n) is 2.21. The quantitative estimate of drug-likeness (QED) is 0.348. The standard InChI is InChI=1S/C7H11NO4/c1-5(9)7(11)12-6(10)3-2-4-8/h2-4,8H2,1H3. The summed E-state index contributed by atoms with van der Waals surface area (Å²) in [6.07, 6.45) is 0.513. The van der Waals surface area contributed by atoms with Crippen LogP contribution in [-0.4, -0.2) is 24.3 Å². The Balaban J connectivity index is 3.69. The zero-order valence-electron chi connectivity index (χ0n) is 6.83. The molecule has 12 heavy (non-hydrogen) atoms. The van der Waals surface area contributed by atoms with Crippen molar-refractivity contribution >= 4 is 17.7 Å². The van der Waals surface area contributed by atoms with Crippen LogP contribution in [0.3, 0.4) is 0 Å². The number of rotatable bonds is 4. The van der Waals surface area contributed by atoms with Gasteiger partial charge in [0.15, 0.2) is 0 Å². The molecule has 0 radical (unpaired) electrons. The highest BCUT2D eigenvalue weighted by atomic mass is 16.6. The van der Waals surface area contributed by atoms with E-state index in [0.29, 0.717) is 13.0 Å². The highest BCUT2D eigenvalue weighted by Gasteiger charge is 2.13. The molecular weight excluding hydrogens is 162 g/mol. The number of nitrogens with two attached hydrogens (primary N) is 1. The van der Waals surface area contributed by atoms with Crippen LogP contribution < -0.4 is 5.73 Å². The lowest BCUT2D eigenvalue weighted by Crippen LogP contribution is -2.19. The van der Waals surface area contributed by atoms with Gasteiger partial charge in [-0.05, 0) is 13.0 Å². The van der Waals surface area contributed by atoms with Gasteiger partial charge in [-0.2, -0.15) is 0 Å². The molecule has 2 N–H and O–H groups in total. The number of esters is 2. The molecular formula is C7H11NO4. The summed E-state index contributed by atoms with van der Waals surface area (Å²) in [6, 6.07) is 0. The van der Waals surface area contributed by atoms with E-state index in [2.05, 4.69) is 4.74 Å². The Morgan fingerprint density at radius 2 is 1.92 bits per heavy atom. The molecule has 0 bridgehead atoms. The summed E-state index contributed by atoms with van der Waals surface area (Å²) in [4.78, 5) is 31.5. The molecule has 0 aliphatic heterocycles. The zero-order chi connectivity index (χ0) is 9.56. The van der Waals surface area contributed by atoms with Crippen molar-refractivity contribution in [2.45, 2.75) is 19.8 Å². The number of ether oxygens (including phenoxy) is 1. The maximum Gasteiger partial charge on any atom is 0.381 e. The Bertz CT molecular complexity index is 200.